The summed E-state index contributed by atoms with van der Waals surface area (Å²) in [5.41, 5.74) is 3.52. The van der Waals surface area contributed by atoms with Crippen LogP contribution in [0.4, 0.5) is 10.5 Å². The zero-order valence-corrected chi connectivity index (χ0v) is 16.0. The molecule has 6 nitrogen and oxygen atoms in total. The van der Waals surface area contributed by atoms with Crippen LogP contribution in [0.2, 0.25) is 5.02 Å². The molecule has 2 heterocycles. The fraction of sp³-hybridized carbons (Fsp3) is 0.286. The van der Waals surface area contributed by atoms with Crippen molar-refractivity contribution in [1.29, 1.82) is 0 Å². The van der Waals surface area contributed by atoms with Gasteiger partial charge in [0.2, 0.25) is 0 Å². The number of benzene rings is 2. The van der Waals surface area contributed by atoms with E-state index in [1.54, 1.807) is 11.2 Å². The fourth-order valence-electron chi connectivity index (χ4n) is 4.10. The van der Waals surface area contributed by atoms with E-state index in [0.717, 1.165) is 35.1 Å². The number of amides is 2. The molecule has 1 unspecified atom stereocenters. The van der Waals surface area contributed by atoms with Gasteiger partial charge in [0, 0.05) is 10.7 Å². The van der Waals surface area contributed by atoms with Crippen LogP contribution in [0.5, 0.6) is 0 Å². The largest absolute Gasteiger partial charge is 0.345 e. The van der Waals surface area contributed by atoms with E-state index in [2.05, 4.69) is 15.3 Å². The van der Waals surface area contributed by atoms with Crippen LogP contribution in [0.3, 0.4) is 0 Å². The van der Waals surface area contributed by atoms with Gasteiger partial charge in [-0.15, -0.1) is 0 Å². The van der Waals surface area contributed by atoms with Crippen LogP contribution in [0.25, 0.3) is 11.0 Å². The number of amidine groups is 1. The number of rotatable bonds is 3. The van der Waals surface area contributed by atoms with E-state index in [-0.39, 0.29) is 18.1 Å². The molecule has 2 aliphatic rings. The lowest BCUT2D eigenvalue weighted by Crippen LogP contribution is -2.29. The number of hydrogen-bond donors (Lipinski definition) is 2. The number of anilines is 1. The van der Waals surface area contributed by atoms with Crippen molar-refractivity contribution in [2.45, 2.75) is 37.8 Å². The minimum absolute atomic E-state index is 0.174. The van der Waals surface area contributed by atoms with Crippen LogP contribution in [0.15, 0.2) is 53.8 Å². The van der Waals surface area contributed by atoms with Crippen LogP contribution >= 0.6 is 11.6 Å². The maximum Gasteiger partial charge on any atom is 0.328 e. The average Bonchev–Trinajstić information content (AvgIpc) is 3.42. The molecule has 1 saturated carbocycles. The molecule has 1 aliphatic heterocycles. The standard InChI is InChI=1S/C21H20ClN5O/c22-14-7-5-13(6-8-14)19-20(25-15-3-1-2-4-15)26-21(28)27(19)16-9-10-17-18(11-16)24-12-23-17/h5-12,15,19H,1-4H2,(H,23,24)(H,25,26,28). The summed E-state index contributed by atoms with van der Waals surface area (Å²) in [4.78, 5) is 27.1. The van der Waals surface area contributed by atoms with Gasteiger partial charge in [-0.2, -0.15) is 0 Å². The van der Waals surface area contributed by atoms with E-state index >= 15 is 0 Å². The highest BCUT2D eigenvalue weighted by molar-refractivity contribution is 6.30. The zero-order chi connectivity index (χ0) is 19.1. The number of fused-ring (bicyclic) bond motifs is 1. The highest BCUT2D eigenvalue weighted by atomic mass is 35.5. The van der Waals surface area contributed by atoms with Gasteiger partial charge in [-0.3, -0.25) is 15.2 Å². The number of aliphatic imine (C=N–C) groups is 1. The molecule has 0 bridgehead atoms. The van der Waals surface area contributed by atoms with E-state index in [1.807, 2.05) is 42.5 Å². The Bertz CT molecular complexity index is 1050. The monoisotopic (exact) mass is 393 g/mol. The average molecular weight is 394 g/mol. The van der Waals surface area contributed by atoms with Gasteiger partial charge in [-0.1, -0.05) is 36.6 Å². The quantitative estimate of drug-likeness (QED) is 0.668. The molecular weight excluding hydrogens is 374 g/mol. The van der Waals surface area contributed by atoms with Crippen LogP contribution in [0, 0.1) is 0 Å². The number of aromatic amines is 1. The minimum Gasteiger partial charge on any atom is -0.345 e. The molecule has 1 atom stereocenters. The summed E-state index contributed by atoms with van der Waals surface area (Å²) in [6.45, 7) is 0. The van der Waals surface area contributed by atoms with E-state index < -0.39 is 0 Å². The number of carbonyl (C=O) groups excluding carboxylic acids is 1. The molecule has 1 saturated heterocycles. The van der Waals surface area contributed by atoms with Crippen molar-refractivity contribution in [3.8, 4) is 0 Å². The molecule has 3 aromatic rings. The molecule has 142 valence electrons. The van der Waals surface area contributed by atoms with Gasteiger partial charge in [0.25, 0.3) is 0 Å². The lowest BCUT2D eigenvalue weighted by molar-refractivity contribution is 0.252. The Kier molecular flexibility index (Phi) is 4.28. The maximum atomic E-state index is 13.0. The number of H-pyrrole nitrogens is 1. The smallest absolute Gasteiger partial charge is 0.328 e. The SMILES string of the molecule is O=C1N/C(=N/C2CCCC2)C(c2ccc(Cl)cc2)N1c1ccc2[nH]cnc2c1. The predicted octanol–water partition coefficient (Wildman–Crippen LogP) is 4.83. The molecule has 1 aromatic heterocycles. The summed E-state index contributed by atoms with van der Waals surface area (Å²) in [7, 11) is 0. The van der Waals surface area contributed by atoms with Crippen LogP contribution in [-0.2, 0) is 0 Å². The normalized spacial score (nSPS) is 21.8. The number of aromatic nitrogens is 2. The van der Waals surface area contributed by atoms with Gasteiger partial charge in [0.1, 0.15) is 11.9 Å². The van der Waals surface area contributed by atoms with Gasteiger partial charge in [-0.25, -0.2) is 9.78 Å². The third-order valence-corrected chi connectivity index (χ3v) is 5.74. The van der Waals surface area contributed by atoms with Crippen molar-refractivity contribution < 1.29 is 4.79 Å². The first-order chi connectivity index (χ1) is 13.7. The Morgan fingerprint density at radius 2 is 1.89 bits per heavy atom. The number of urea groups is 1. The molecule has 7 heteroatoms. The lowest BCUT2D eigenvalue weighted by Gasteiger charge is -2.24. The molecule has 2 fully saturated rings. The molecule has 1 aliphatic carbocycles. The molecule has 2 N–H and O–H groups in total. The van der Waals surface area contributed by atoms with E-state index in [1.165, 1.54) is 12.8 Å². The Labute approximate surface area is 167 Å². The molecular formula is C21H20ClN5O. The number of nitrogens with one attached hydrogen (secondary N) is 2. The Balaban J connectivity index is 1.60. The van der Waals surface area contributed by atoms with Crippen LogP contribution < -0.4 is 10.2 Å². The third-order valence-electron chi connectivity index (χ3n) is 5.49. The summed E-state index contributed by atoms with van der Waals surface area (Å²) in [5.74, 6) is 0.710. The topological polar surface area (TPSA) is 73.4 Å². The van der Waals surface area contributed by atoms with Gasteiger partial charge in [0.15, 0.2) is 0 Å². The number of imidazole rings is 1. The van der Waals surface area contributed by atoms with Crippen molar-refractivity contribution in [2.24, 2.45) is 4.99 Å². The van der Waals surface area contributed by atoms with Gasteiger partial charge < -0.3 is 4.98 Å². The molecule has 0 radical (unpaired) electrons. The summed E-state index contributed by atoms with van der Waals surface area (Å²) in [6.07, 6.45) is 6.20. The van der Waals surface area contributed by atoms with Crippen molar-refractivity contribution in [2.75, 3.05) is 4.90 Å². The van der Waals surface area contributed by atoms with Crippen molar-refractivity contribution in [1.82, 2.24) is 15.3 Å². The van der Waals surface area contributed by atoms with E-state index in [4.69, 9.17) is 16.6 Å². The van der Waals surface area contributed by atoms with E-state index in [0.29, 0.717) is 10.9 Å². The first-order valence-electron chi connectivity index (χ1n) is 9.55. The summed E-state index contributed by atoms with van der Waals surface area (Å²) in [6, 6.07) is 13.2. The molecule has 2 amide bonds. The van der Waals surface area contributed by atoms with E-state index in [9.17, 15) is 4.79 Å². The lowest BCUT2D eigenvalue weighted by atomic mass is 10.0. The second-order valence-corrected chi connectivity index (χ2v) is 7.75. The number of halogens is 1. The second-order valence-electron chi connectivity index (χ2n) is 7.31. The highest BCUT2D eigenvalue weighted by Gasteiger charge is 2.39. The van der Waals surface area contributed by atoms with Crippen LogP contribution in [-0.4, -0.2) is 27.9 Å². The highest BCUT2D eigenvalue weighted by Crippen LogP contribution is 2.35. The van der Waals surface area contributed by atoms with Crippen molar-refractivity contribution in [3.63, 3.8) is 0 Å². The first kappa shape index (κ1) is 17.3. The third kappa shape index (κ3) is 3.03. The zero-order valence-electron chi connectivity index (χ0n) is 15.2. The molecule has 5 rings (SSSR count). The fourth-order valence-corrected chi connectivity index (χ4v) is 4.23. The van der Waals surface area contributed by atoms with Crippen LogP contribution in [0.1, 0.15) is 37.3 Å². The molecule has 28 heavy (non-hydrogen) atoms. The Morgan fingerprint density at radius 1 is 1.11 bits per heavy atom. The van der Waals surface area contributed by atoms with Crippen molar-refractivity contribution >= 4 is 40.2 Å². The summed E-state index contributed by atoms with van der Waals surface area (Å²) >= 11 is 6.09. The summed E-state index contributed by atoms with van der Waals surface area (Å²) < 4.78 is 0. The van der Waals surface area contributed by atoms with Gasteiger partial charge in [0.05, 0.1) is 23.4 Å². The van der Waals surface area contributed by atoms with Gasteiger partial charge in [-0.05, 0) is 48.7 Å². The predicted molar refractivity (Wildman–Crippen MR) is 111 cm³/mol. The second kappa shape index (κ2) is 6.95. The Morgan fingerprint density at radius 3 is 2.68 bits per heavy atom. The minimum atomic E-state index is -0.304. The number of carbonyl (C=O) groups is 1. The first-order valence-corrected chi connectivity index (χ1v) is 9.93. The number of nitrogens with zero attached hydrogens (tertiary/aromatic N) is 3. The Hall–Kier alpha value is -2.86. The van der Waals surface area contributed by atoms with Crippen molar-refractivity contribution in [3.05, 3.63) is 59.4 Å². The summed E-state index contributed by atoms with van der Waals surface area (Å²) in [5, 5.41) is 3.68. The number of hydrogen-bond acceptors (Lipinski definition) is 3. The van der Waals surface area contributed by atoms with Gasteiger partial charge >= 0.3 is 6.03 Å². The maximum absolute atomic E-state index is 13.0. The molecule has 0 spiro atoms. The molecule has 2 aromatic carbocycles.